The molecule has 1 atom stereocenters. The van der Waals surface area contributed by atoms with Crippen molar-refractivity contribution in [3.05, 3.63) is 128 Å². The van der Waals surface area contributed by atoms with Crippen LogP contribution in [0.25, 0.3) is 6.08 Å². The molecule has 0 N–H and O–H groups in total. The van der Waals surface area contributed by atoms with Crippen molar-refractivity contribution in [1.82, 2.24) is 4.57 Å². The van der Waals surface area contributed by atoms with Crippen LogP contribution in [0.2, 0.25) is 0 Å². The topological polar surface area (TPSA) is 122 Å². The second kappa shape index (κ2) is 13.0. The molecule has 12 heteroatoms. The summed E-state index contributed by atoms with van der Waals surface area (Å²) in [6, 6.07) is 16.7. The van der Waals surface area contributed by atoms with Gasteiger partial charge in [0.15, 0.2) is 16.3 Å². The molecule has 0 bridgehead atoms. The third-order valence-corrected chi connectivity index (χ3v) is 8.67. The van der Waals surface area contributed by atoms with E-state index in [2.05, 4.69) is 20.9 Å². The number of ether oxygens (including phenoxy) is 3. The lowest BCUT2D eigenvalue weighted by molar-refractivity contribution is -0.384. The van der Waals surface area contributed by atoms with Gasteiger partial charge in [0.2, 0.25) is 0 Å². The molecule has 1 aromatic heterocycles. The van der Waals surface area contributed by atoms with Gasteiger partial charge < -0.3 is 14.2 Å². The third kappa shape index (κ3) is 6.22. The van der Waals surface area contributed by atoms with E-state index in [0.717, 1.165) is 11.1 Å². The molecule has 44 heavy (non-hydrogen) atoms. The Morgan fingerprint density at radius 1 is 1.14 bits per heavy atom. The van der Waals surface area contributed by atoms with Gasteiger partial charge >= 0.3 is 5.97 Å². The number of rotatable bonds is 9. The largest absolute Gasteiger partial charge is 0.493 e. The average molecular weight is 679 g/mol. The van der Waals surface area contributed by atoms with E-state index in [4.69, 9.17) is 14.2 Å². The lowest BCUT2D eigenvalue weighted by atomic mass is 9.95. The highest BCUT2D eigenvalue weighted by molar-refractivity contribution is 9.10. The summed E-state index contributed by atoms with van der Waals surface area (Å²) in [7, 11) is 1.50. The van der Waals surface area contributed by atoms with Crippen LogP contribution in [0.4, 0.5) is 5.69 Å². The van der Waals surface area contributed by atoms with E-state index in [0.29, 0.717) is 47.7 Å². The second-order valence-corrected chi connectivity index (χ2v) is 11.8. The van der Waals surface area contributed by atoms with Crippen molar-refractivity contribution in [3.8, 4) is 11.5 Å². The lowest BCUT2D eigenvalue weighted by Crippen LogP contribution is -2.39. The van der Waals surface area contributed by atoms with Crippen molar-refractivity contribution in [3.63, 3.8) is 0 Å². The monoisotopic (exact) mass is 677 g/mol. The molecule has 5 rings (SSSR count). The van der Waals surface area contributed by atoms with Crippen molar-refractivity contribution >= 4 is 45.0 Å². The molecule has 0 saturated carbocycles. The molecule has 1 aliphatic rings. The number of carbonyl (C=O) groups is 1. The molecule has 3 aromatic carbocycles. The predicted octanol–water partition coefficient (Wildman–Crippen LogP) is 5.37. The first kappa shape index (κ1) is 30.9. The summed E-state index contributed by atoms with van der Waals surface area (Å²) >= 11 is 4.80. The Labute approximate surface area is 264 Å². The van der Waals surface area contributed by atoms with E-state index < -0.39 is 16.9 Å². The maximum Gasteiger partial charge on any atom is 0.338 e. The van der Waals surface area contributed by atoms with Gasteiger partial charge in [-0.1, -0.05) is 69.2 Å². The number of methoxy groups -OCH3 is 1. The molecular formula is C32H28BrN3O7S. The first-order valence-electron chi connectivity index (χ1n) is 13.6. The number of non-ortho nitro benzene ring substituents is 1. The number of carbonyl (C=O) groups excluding carboxylic acids is 1. The molecule has 4 aromatic rings. The normalized spacial score (nSPS) is 14.6. The Bertz CT molecular complexity index is 1980. The maximum absolute atomic E-state index is 14.0. The Hall–Kier alpha value is -4.55. The van der Waals surface area contributed by atoms with Gasteiger partial charge in [-0.3, -0.25) is 19.5 Å². The van der Waals surface area contributed by atoms with Crippen molar-refractivity contribution in [2.24, 2.45) is 4.99 Å². The number of halogens is 1. The highest BCUT2D eigenvalue weighted by Gasteiger charge is 2.33. The molecular weight excluding hydrogens is 650 g/mol. The molecule has 1 aliphatic heterocycles. The van der Waals surface area contributed by atoms with E-state index in [1.54, 1.807) is 48.8 Å². The smallest absolute Gasteiger partial charge is 0.338 e. The number of aryl methyl sites for hydroxylation is 1. The summed E-state index contributed by atoms with van der Waals surface area (Å²) in [5.41, 5.74) is 3.60. The number of thiazole rings is 1. The van der Waals surface area contributed by atoms with E-state index in [1.807, 2.05) is 31.2 Å². The summed E-state index contributed by atoms with van der Waals surface area (Å²) in [5.74, 6) is 0.316. The van der Waals surface area contributed by atoms with Crippen LogP contribution in [0.5, 0.6) is 11.5 Å². The fourth-order valence-electron chi connectivity index (χ4n) is 4.85. The second-order valence-electron chi connectivity index (χ2n) is 9.95. The van der Waals surface area contributed by atoms with Crippen molar-refractivity contribution in [2.75, 3.05) is 13.7 Å². The number of nitro groups is 1. The van der Waals surface area contributed by atoms with Crippen molar-refractivity contribution in [2.45, 2.75) is 33.4 Å². The number of fused-ring (bicyclic) bond motifs is 1. The molecule has 2 heterocycles. The molecule has 0 aliphatic carbocycles. The molecule has 226 valence electrons. The molecule has 0 unspecified atom stereocenters. The Kier molecular flexibility index (Phi) is 9.12. The predicted molar refractivity (Wildman–Crippen MR) is 170 cm³/mol. The van der Waals surface area contributed by atoms with Gasteiger partial charge in [-0.25, -0.2) is 9.79 Å². The van der Waals surface area contributed by atoms with E-state index >= 15 is 0 Å². The highest BCUT2D eigenvalue weighted by Crippen LogP contribution is 2.35. The molecule has 0 saturated heterocycles. The van der Waals surface area contributed by atoms with Crippen LogP contribution in [0.15, 0.2) is 86.2 Å². The summed E-state index contributed by atoms with van der Waals surface area (Å²) in [6.07, 6.45) is 1.73. The maximum atomic E-state index is 14.0. The SMILES string of the molecule is CCOC(=O)C1=C(C)N=c2s/c(=C/c3cc(OC)c(OCc4cccc([N+](=O)[O-])c4)cc3Br)c(=O)n2[C@@H]1c1ccc(C)cc1. The molecule has 10 nitrogen and oxygen atoms in total. The van der Waals surface area contributed by atoms with Gasteiger partial charge in [0.25, 0.3) is 11.2 Å². The standard InChI is InChI=1S/C32H28BrN3O7S/c1-5-42-31(38)28-19(3)34-32-35(29(28)21-11-9-18(2)10-12-21)30(37)27(44-32)15-22-14-25(41-4)26(16-24(22)33)43-17-20-7-6-8-23(13-20)36(39)40/h6-16,29H,5,17H2,1-4H3/b27-15+/t29-/m1/s1. The Morgan fingerprint density at radius 2 is 1.89 bits per heavy atom. The number of hydrogen-bond acceptors (Lipinski definition) is 9. The summed E-state index contributed by atoms with van der Waals surface area (Å²) in [4.78, 5) is 42.8. The van der Waals surface area contributed by atoms with Gasteiger partial charge in [0.1, 0.15) is 6.61 Å². The first-order chi connectivity index (χ1) is 21.1. The number of esters is 1. The third-order valence-electron chi connectivity index (χ3n) is 7.00. The minimum atomic E-state index is -0.699. The number of benzene rings is 3. The first-order valence-corrected chi connectivity index (χ1v) is 15.2. The zero-order valence-corrected chi connectivity index (χ0v) is 26.7. The van der Waals surface area contributed by atoms with Crippen LogP contribution in [-0.4, -0.2) is 29.2 Å². The molecule has 0 spiro atoms. The van der Waals surface area contributed by atoms with Gasteiger partial charge in [-0.05, 0) is 55.7 Å². The van der Waals surface area contributed by atoms with Crippen LogP contribution in [0.3, 0.4) is 0 Å². The molecule has 0 radical (unpaired) electrons. The number of allylic oxidation sites excluding steroid dienone is 1. The van der Waals surface area contributed by atoms with E-state index in [-0.39, 0.29) is 24.5 Å². The number of hydrogen-bond donors (Lipinski definition) is 0. The Morgan fingerprint density at radius 3 is 2.57 bits per heavy atom. The van der Waals surface area contributed by atoms with Gasteiger partial charge in [0.05, 0.1) is 40.5 Å². The molecule has 0 amide bonds. The van der Waals surface area contributed by atoms with Crippen molar-refractivity contribution in [1.29, 1.82) is 0 Å². The number of nitro benzene ring substituents is 1. The van der Waals surface area contributed by atoms with E-state index in [1.165, 1.54) is 30.6 Å². The minimum Gasteiger partial charge on any atom is -0.493 e. The molecule has 0 fully saturated rings. The Balaban J connectivity index is 1.55. The van der Waals surface area contributed by atoms with Gasteiger partial charge in [-0.2, -0.15) is 0 Å². The van der Waals surface area contributed by atoms with Gasteiger partial charge in [-0.15, -0.1) is 0 Å². The number of nitrogens with zero attached hydrogens (tertiary/aromatic N) is 3. The fourth-order valence-corrected chi connectivity index (χ4v) is 6.33. The quantitative estimate of drug-likeness (QED) is 0.133. The lowest BCUT2D eigenvalue weighted by Gasteiger charge is -2.24. The van der Waals surface area contributed by atoms with Crippen molar-refractivity contribution < 1.29 is 23.9 Å². The summed E-state index contributed by atoms with van der Waals surface area (Å²) in [6.45, 7) is 5.74. The number of aromatic nitrogens is 1. The minimum absolute atomic E-state index is 0.0229. The zero-order chi connectivity index (χ0) is 31.5. The summed E-state index contributed by atoms with van der Waals surface area (Å²) < 4.78 is 19.5. The van der Waals surface area contributed by atoms with Crippen LogP contribution in [-0.2, 0) is 16.1 Å². The van der Waals surface area contributed by atoms with Crippen LogP contribution < -0.4 is 24.4 Å². The summed E-state index contributed by atoms with van der Waals surface area (Å²) in [5, 5.41) is 11.1. The fraction of sp³-hybridized carbons (Fsp3) is 0.219. The van der Waals surface area contributed by atoms with Gasteiger partial charge in [0, 0.05) is 16.6 Å². The average Bonchev–Trinajstić information content (AvgIpc) is 3.30. The zero-order valence-electron chi connectivity index (χ0n) is 24.3. The van der Waals surface area contributed by atoms with Crippen LogP contribution in [0, 0.1) is 17.0 Å². The van der Waals surface area contributed by atoms with E-state index in [9.17, 15) is 19.7 Å². The van der Waals surface area contributed by atoms with Crippen LogP contribution >= 0.6 is 27.3 Å². The highest BCUT2D eigenvalue weighted by atomic mass is 79.9. The van der Waals surface area contributed by atoms with Crippen LogP contribution in [0.1, 0.15) is 42.1 Å².